The summed E-state index contributed by atoms with van der Waals surface area (Å²) in [7, 11) is 0. The quantitative estimate of drug-likeness (QED) is 0.703. The maximum Gasteiger partial charge on any atom is 0.337 e. The second-order valence-corrected chi connectivity index (χ2v) is 3.36. The van der Waals surface area contributed by atoms with Crippen LogP contribution in [-0.4, -0.2) is 28.1 Å². The number of nitrogens with one attached hydrogen (secondary N) is 1. The molecule has 18 heavy (non-hydrogen) atoms. The number of carboxylic acids is 2. The van der Waals surface area contributed by atoms with E-state index in [2.05, 4.69) is 5.32 Å². The summed E-state index contributed by atoms with van der Waals surface area (Å²) in [6.45, 7) is 1.63. The number of carbonyl (C=O) groups is 3. The predicted molar refractivity (Wildman–Crippen MR) is 63.8 cm³/mol. The van der Waals surface area contributed by atoms with Crippen LogP contribution in [0.15, 0.2) is 30.4 Å². The highest BCUT2D eigenvalue weighted by atomic mass is 16.4. The van der Waals surface area contributed by atoms with Crippen molar-refractivity contribution in [2.45, 2.75) is 6.92 Å². The van der Waals surface area contributed by atoms with Crippen molar-refractivity contribution in [2.75, 3.05) is 5.32 Å². The zero-order valence-corrected chi connectivity index (χ0v) is 9.51. The Bertz CT molecular complexity index is 533. The Morgan fingerprint density at radius 3 is 2.33 bits per heavy atom. The van der Waals surface area contributed by atoms with Crippen LogP contribution in [0.4, 0.5) is 5.69 Å². The molecule has 0 saturated heterocycles. The first kappa shape index (κ1) is 13.4. The molecule has 6 nitrogen and oxygen atoms in total. The van der Waals surface area contributed by atoms with Crippen molar-refractivity contribution in [2.24, 2.45) is 0 Å². The average molecular weight is 249 g/mol. The van der Waals surface area contributed by atoms with Crippen molar-refractivity contribution in [3.63, 3.8) is 0 Å². The lowest BCUT2D eigenvalue weighted by molar-refractivity contribution is -0.111. The fraction of sp³-hybridized carbons (Fsp3) is 0.0833. The SMILES string of the molecule is C/C=C/C(=O)Nc1cc(C(=O)O)ccc1C(=O)O. The number of hydrogen-bond donors (Lipinski definition) is 3. The molecular formula is C12H11NO5. The number of anilines is 1. The van der Waals surface area contributed by atoms with Gasteiger partial charge < -0.3 is 15.5 Å². The summed E-state index contributed by atoms with van der Waals surface area (Å²) in [5, 5.41) is 20.0. The van der Waals surface area contributed by atoms with Gasteiger partial charge in [0.2, 0.25) is 5.91 Å². The second-order valence-electron chi connectivity index (χ2n) is 3.36. The van der Waals surface area contributed by atoms with Gasteiger partial charge in [-0.2, -0.15) is 0 Å². The molecule has 1 aromatic rings. The number of carboxylic acid groups (broad SMARTS) is 2. The molecule has 6 heteroatoms. The van der Waals surface area contributed by atoms with E-state index in [-0.39, 0.29) is 16.8 Å². The van der Waals surface area contributed by atoms with E-state index in [1.54, 1.807) is 6.92 Å². The van der Waals surface area contributed by atoms with E-state index in [4.69, 9.17) is 10.2 Å². The summed E-state index contributed by atoms with van der Waals surface area (Å²) in [5.41, 5.74) is -0.320. The fourth-order valence-corrected chi connectivity index (χ4v) is 1.29. The number of amides is 1. The zero-order valence-electron chi connectivity index (χ0n) is 9.51. The van der Waals surface area contributed by atoms with Crippen LogP contribution in [0.1, 0.15) is 27.6 Å². The summed E-state index contributed by atoms with van der Waals surface area (Å²) >= 11 is 0. The van der Waals surface area contributed by atoms with Gasteiger partial charge in [0.15, 0.2) is 0 Å². The summed E-state index contributed by atoms with van der Waals surface area (Å²) < 4.78 is 0. The van der Waals surface area contributed by atoms with Crippen LogP contribution in [0.3, 0.4) is 0 Å². The predicted octanol–water partition coefficient (Wildman–Crippen LogP) is 1.60. The Kier molecular flexibility index (Phi) is 4.20. The van der Waals surface area contributed by atoms with Gasteiger partial charge in [0.25, 0.3) is 0 Å². The molecule has 1 rings (SSSR count). The fourth-order valence-electron chi connectivity index (χ4n) is 1.29. The minimum atomic E-state index is -1.25. The molecule has 0 atom stereocenters. The van der Waals surface area contributed by atoms with Gasteiger partial charge in [-0.1, -0.05) is 6.08 Å². The second kappa shape index (κ2) is 5.62. The average Bonchev–Trinajstić information content (AvgIpc) is 2.28. The minimum Gasteiger partial charge on any atom is -0.478 e. The standard InChI is InChI=1S/C12H11NO5/c1-2-3-10(14)13-9-6-7(11(15)16)4-5-8(9)12(17)18/h2-6H,1H3,(H,13,14)(H,15,16)(H,17,18)/b3-2+. The van der Waals surface area contributed by atoms with E-state index in [1.807, 2.05) is 0 Å². The van der Waals surface area contributed by atoms with Crippen LogP contribution in [0.5, 0.6) is 0 Å². The molecule has 0 aliphatic heterocycles. The number of benzene rings is 1. The van der Waals surface area contributed by atoms with E-state index in [9.17, 15) is 14.4 Å². The number of hydrogen-bond acceptors (Lipinski definition) is 3. The molecule has 0 heterocycles. The molecule has 0 spiro atoms. The molecule has 0 aliphatic rings. The van der Waals surface area contributed by atoms with E-state index in [1.165, 1.54) is 12.2 Å². The maximum atomic E-state index is 11.3. The lowest BCUT2D eigenvalue weighted by Gasteiger charge is -2.07. The third-order valence-corrected chi connectivity index (χ3v) is 2.07. The van der Waals surface area contributed by atoms with Crippen LogP contribution in [-0.2, 0) is 4.79 Å². The molecule has 94 valence electrons. The molecule has 1 amide bonds. The molecule has 0 fully saturated rings. The number of carbonyl (C=O) groups excluding carboxylic acids is 1. The van der Waals surface area contributed by atoms with Gasteiger partial charge in [0.05, 0.1) is 16.8 Å². The van der Waals surface area contributed by atoms with Gasteiger partial charge in [0, 0.05) is 0 Å². The smallest absolute Gasteiger partial charge is 0.337 e. The summed E-state index contributed by atoms with van der Waals surface area (Å²) in [5.74, 6) is -2.97. The minimum absolute atomic E-state index is 0.0505. The van der Waals surface area contributed by atoms with Crippen LogP contribution in [0.2, 0.25) is 0 Å². The summed E-state index contributed by atoms with van der Waals surface area (Å²) in [6.07, 6.45) is 2.69. The van der Waals surface area contributed by atoms with Crippen molar-refractivity contribution in [1.82, 2.24) is 0 Å². The lowest BCUT2D eigenvalue weighted by atomic mass is 10.1. The van der Waals surface area contributed by atoms with E-state index in [0.29, 0.717) is 0 Å². The Morgan fingerprint density at radius 1 is 1.17 bits per heavy atom. The van der Waals surface area contributed by atoms with Crippen molar-refractivity contribution in [3.8, 4) is 0 Å². The first-order valence-corrected chi connectivity index (χ1v) is 5.00. The summed E-state index contributed by atoms with van der Waals surface area (Å²) in [6, 6.07) is 3.40. The molecule has 3 N–H and O–H groups in total. The van der Waals surface area contributed by atoms with E-state index in [0.717, 1.165) is 18.2 Å². The lowest BCUT2D eigenvalue weighted by Crippen LogP contribution is -2.13. The van der Waals surface area contributed by atoms with Gasteiger partial charge in [0.1, 0.15) is 0 Å². The van der Waals surface area contributed by atoms with Crippen molar-refractivity contribution >= 4 is 23.5 Å². The highest BCUT2D eigenvalue weighted by molar-refractivity contribution is 6.05. The maximum absolute atomic E-state index is 11.3. The molecular weight excluding hydrogens is 238 g/mol. The van der Waals surface area contributed by atoms with Gasteiger partial charge >= 0.3 is 11.9 Å². The topological polar surface area (TPSA) is 104 Å². The number of allylic oxidation sites excluding steroid dienone is 1. The van der Waals surface area contributed by atoms with Crippen molar-refractivity contribution in [3.05, 3.63) is 41.5 Å². The third kappa shape index (κ3) is 3.18. The van der Waals surface area contributed by atoms with Crippen LogP contribution >= 0.6 is 0 Å². The van der Waals surface area contributed by atoms with Gasteiger partial charge in [-0.3, -0.25) is 4.79 Å². The van der Waals surface area contributed by atoms with Crippen molar-refractivity contribution in [1.29, 1.82) is 0 Å². The Hall–Kier alpha value is -2.63. The molecule has 0 saturated carbocycles. The van der Waals surface area contributed by atoms with Crippen molar-refractivity contribution < 1.29 is 24.6 Å². The van der Waals surface area contributed by atoms with Gasteiger partial charge in [-0.05, 0) is 31.2 Å². The Labute approximate surface area is 103 Å². The van der Waals surface area contributed by atoms with Gasteiger partial charge in [-0.15, -0.1) is 0 Å². The highest BCUT2D eigenvalue weighted by Crippen LogP contribution is 2.18. The molecule has 0 radical (unpaired) electrons. The Morgan fingerprint density at radius 2 is 1.83 bits per heavy atom. The first-order chi connectivity index (χ1) is 8.45. The Balaban J connectivity index is 3.19. The molecule has 0 bridgehead atoms. The molecule has 0 aromatic heterocycles. The normalized spacial score (nSPS) is 10.3. The molecule has 0 unspecified atom stereocenters. The van der Waals surface area contributed by atoms with Crippen LogP contribution in [0, 0.1) is 0 Å². The van der Waals surface area contributed by atoms with Crippen LogP contribution < -0.4 is 5.32 Å². The zero-order chi connectivity index (χ0) is 13.7. The van der Waals surface area contributed by atoms with E-state index >= 15 is 0 Å². The number of aromatic carboxylic acids is 2. The number of rotatable bonds is 4. The van der Waals surface area contributed by atoms with Crippen LogP contribution in [0.25, 0.3) is 0 Å². The van der Waals surface area contributed by atoms with E-state index < -0.39 is 17.8 Å². The highest BCUT2D eigenvalue weighted by Gasteiger charge is 2.14. The summed E-state index contributed by atoms with van der Waals surface area (Å²) in [4.78, 5) is 33.0. The molecule has 0 aliphatic carbocycles. The monoisotopic (exact) mass is 249 g/mol. The third-order valence-electron chi connectivity index (χ3n) is 2.07. The van der Waals surface area contributed by atoms with Gasteiger partial charge in [-0.25, -0.2) is 9.59 Å². The first-order valence-electron chi connectivity index (χ1n) is 5.00. The molecule has 1 aromatic carbocycles. The largest absolute Gasteiger partial charge is 0.478 e.